The monoisotopic (exact) mass is 655 g/mol. The zero-order chi connectivity index (χ0) is 27.2. The van der Waals surface area contributed by atoms with Crippen molar-refractivity contribution in [3.05, 3.63) is 98.4 Å². The van der Waals surface area contributed by atoms with Crippen LogP contribution in [-0.4, -0.2) is 42.2 Å². The van der Waals surface area contributed by atoms with Gasteiger partial charge in [-0.25, -0.2) is 10.4 Å². The van der Waals surface area contributed by atoms with E-state index in [4.69, 9.17) is 19.6 Å². The van der Waals surface area contributed by atoms with E-state index in [2.05, 4.69) is 42.7 Å². The Morgan fingerprint density at radius 2 is 1.79 bits per heavy atom. The number of aliphatic hydroxyl groups is 1. The molecule has 1 aliphatic heterocycles. The molecule has 1 heterocycles. The first-order valence-electron chi connectivity index (χ1n) is 13.1. The first-order chi connectivity index (χ1) is 19.0. The largest absolute Gasteiger partial charge is 0.494 e. The van der Waals surface area contributed by atoms with Crippen LogP contribution in [-0.2, 0) is 16.0 Å². The molecule has 1 fully saturated rings. The van der Waals surface area contributed by atoms with Crippen LogP contribution in [0.1, 0.15) is 42.1 Å². The van der Waals surface area contributed by atoms with Gasteiger partial charge in [-0.3, -0.25) is 10.2 Å². The fraction of sp³-hybridized carbons (Fsp3) is 0.333. The zero-order valence-corrected chi connectivity index (χ0v) is 24.6. The average molecular weight is 657 g/mol. The lowest BCUT2D eigenvalue weighted by Crippen LogP contribution is -2.54. The number of hydrogen-bond donors (Lipinski definition) is 3. The molecule has 5 rings (SSSR count). The van der Waals surface area contributed by atoms with Crippen LogP contribution in [0.5, 0.6) is 5.75 Å². The summed E-state index contributed by atoms with van der Waals surface area (Å²) in [6.07, 6.45) is 2.59. The number of hydrogen-bond acceptors (Lipinski definition) is 6. The first-order valence-corrected chi connectivity index (χ1v) is 14.7. The highest BCUT2D eigenvalue weighted by Crippen LogP contribution is 2.44. The third kappa shape index (κ3) is 6.72. The molecule has 7 nitrogen and oxygen atoms in total. The molecule has 0 aromatic heterocycles. The van der Waals surface area contributed by atoms with E-state index in [-0.39, 0.29) is 12.5 Å². The van der Waals surface area contributed by atoms with E-state index in [1.165, 1.54) is 12.8 Å². The van der Waals surface area contributed by atoms with Crippen molar-refractivity contribution in [1.82, 2.24) is 10.9 Å². The molecule has 2 atom stereocenters. The molecule has 1 aliphatic carbocycles. The maximum atomic E-state index is 14.1. The Labute approximate surface area is 245 Å². The molecule has 3 aromatic carbocycles. The molecule has 1 saturated carbocycles. The van der Waals surface area contributed by atoms with Crippen LogP contribution >= 0.6 is 31.9 Å². The normalized spacial score (nSPS) is 20.3. The van der Waals surface area contributed by atoms with Gasteiger partial charge in [0.1, 0.15) is 5.75 Å². The number of hydrazine groups is 1. The van der Waals surface area contributed by atoms with Gasteiger partial charge in [0, 0.05) is 46.1 Å². The molecule has 2 aliphatic rings. The molecule has 1 amide bonds. The van der Waals surface area contributed by atoms with Crippen LogP contribution in [0.15, 0.2) is 86.7 Å². The zero-order valence-electron chi connectivity index (χ0n) is 21.4. The minimum Gasteiger partial charge on any atom is -0.494 e. The van der Waals surface area contributed by atoms with Crippen molar-refractivity contribution < 1.29 is 19.4 Å². The molecule has 0 unspecified atom stereocenters. The van der Waals surface area contributed by atoms with Gasteiger partial charge in [0.25, 0.3) is 5.91 Å². The van der Waals surface area contributed by atoms with Crippen molar-refractivity contribution in [2.75, 3.05) is 19.8 Å². The lowest BCUT2D eigenvalue weighted by atomic mass is 9.82. The van der Waals surface area contributed by atoms with Crippen molar-refractivity contribution >= 4 is 43.7 Å². The summed E-state index contributed by atoms with van der Waals surface area (Å²) in [6, 6.07) is 23.2. The predicted molar refractivity (Wildman–Crippen MR) is 158 cm³/mol. The number of carbonyl (C=O) groups is 1. The van der Waals surface area contributed by atoms with Gasteiger partial charge in [0.2, 0.25) is 5.90 Å². The van der Waals surface area contributed by atoms with Crippen LogP contribution in [0.2, 0.25) is 0 Å². The summed E-state index contributed by atoms with van der Waals surface area (Å²) >= 11 is 7.19. The number of aliphatic imine (C=N–C) groups is 1. The lowest BCUT2D eigenvalue weighted by Gasteiger charge is -2.31. The third-order valence-corrected chi connectivity index (χ3v) is 8.14. The second kappa shape index (κ2) is 12.6. The number of amides is 1. The van der Waals surface area contributed by atoms with E-state index in [1.807, 2.05) is 72.8 Å². The van der Waals surface area contributed by atoms with E-state index in [0.717, 1.165) is 32.2 Å². The van der Waals surface area contributed by atoms with Crippen LogP contribution in [0.25, 0.3) is 0 Å². The third-order valence-electron chi connectivity index (χ3n) is 6.89. The van der Waals surface area contributed by atoms with Gasteiger partial charge in [0.15, 0.2) is 11.6 Å². The van der Waals surface area contributed by atoms with E-state index in [0.29, 0.717) is 37.0 Å². The van der Waals surface area contributed by atoms with Crippen LogP contribution in [0.3, 0.4) is 0 Å². The van der Waals surface area contributed by atoms with E-state index in [9.17, 15) is 4.79 Å². The number of aliphatic hydroxyl groups excluding tert-OH is 1. The van der Waals surface area contributed by atoms with Crippen LogP contribution in [0, 0.1) is 5.92 Å². The topological polar surface area (TPSA) is 92.2 Å². The Hall–Kier alpha value is -2.72. The molecule has 0 spiro atoms. The maximum Gasteiger partial charge on any atom is 0.266 e. The molecule has 3 aromatic rings. The Morgan fingerprint density at radius 1 is 1.05 bits per heavy atom. The molecule has 9 heteroatoms. The van der Waals surface area contributed by atoms with Gasteiger partial charge in [-0.05, 0) is 66.8 Å². The van der Waals surface area contributed by atoms with E-state index < -0.39 is 11.6 Å². The van der Waals surface area contributed by atoms with Crippen molar-refractivity contribution in [1.29, 1.82) is 0 Å². The standard InChI is InChI=1S/C30H31Br2N3O4/c31-23-12-8-20(9-13-23)18-30(29(37)35-33-19-21-6-7-21)27(25-4-1-2-5-26(25)32)39-28(34-30)22-10-14-24(15-11-22)38-17-3-16-36/h1-2,4-5,8-15,21,27,33,36H,3,6-7,16-19H2,(H,35,37)/t27-,30-/m0/s1. The number of nitrogens with one attached hydrogen (secondary N) is 2. The van der Waals surface area contributed by atoms with Gasteiger partial charge >= 0.3 is 0 Å². The minimum absolute atomic E-state index is 0.0805. The summed E-state index contributed by atoms with van der Waals surface area (Å²) in [5.74, 6) is 1.44. The van der Waals surface area contributed by atoms with Gasteiger partial charge in [-0.15, -0.1) is 0 Å². The average Bonchev–Trinajstić information content (AvgIpc) is 3.70. The lowest BCUT2D eigenvalue weighted by molar-refractivity contribution is -0.130. The second-order valence-corrected chi connectivity index (χ2v) is 11.7. The first kappa shape index (κ1) is 27.8. The highest BCUT2D eigenvalue weighted by Gasteiger charge is 2.54. The summed E-state index contributed by atoms with van der Waals surface area (Å²) in [5, 5.41) is 9.01. The number of carbonyl (C=O) groups excluding carboxylic acids is 1. The SMILES string of the molecule is O=C(NNCC1CC1)[C@@]1(Cc2ccc(Br)cc2)N=C(c2ccc(OCCCO)cc2)O[C@H]1c1ccccc1Br. The second-order valence-electron chi connectivity index (χ2n) is 9.89. The number of halogens is 2. The number of nitrogens with zero attached hydrogens (tertiary/aromatic N) is 1. The van der Waals surface area contributed by atoms with Gasteiger partial charge < -0.3 is 14.6 Å². The fourth-order valence-electron chi connectivity index (χ4n) is 4.57. The summed E-state index contributed by atoms with van der Waals surface area (Å²) in [4.78, 5) is 19.1. The van der Waals surface area contributed by atoms with Crippen molar-refractivity contribution in [3.63, 3.8) is 0 Å². The summed E-state index contributed by atoms with van der Waals surface area (Å²) in [6.45, 7) is 1.24. The molecule has 204 valence electrons. The predicted octanol–water partition coefficient (Wildman–Crippen LogP) is 5.50. The molecule has 0 bridgehead atoms. The highest BCUT2D eigenvalue weighted by atomic mass is 79.9. The van der Waals surface area contributed by atoms with Crippen LogP contribution in [0.4, 0.5) is 0 Å². The molecule has 39 heavy (non-hydrogen) atoms. The quantitative estimate of drug-likeness (QED) is 0.177. The van der Waals surface area contributed by atoms with Crippen molar-refractivity contribution in [2.24, 2.45) is 10.9 Å². The molecule has 0 radical (unpaired) electrons. The number of benzene rings is 3. The summed E-state index contributed by atoms with van der Waals surface area (Å²) < 4.78 is 14.1. The van der Waals surface area contributed by atoms with Crippen molar-refractivity contribution in [2.45, 2.75) is 37.3 Å². The Bertz CT molecular complexity index is 1310. The molecular formula is C30H31Br2N3O4. The highest BCUT2D eigenvalue weighted by molar-refractivity contribution is 9.10. The van der Waals surface area contributed by atoms with Crippen molar-refractivity contribution in [3.8, 4) is 5.75 Å². The maximum absolute atomic E-state index is 14.1. The Kier molecular flexibility index (Phi) is 9.02. The molecular weight excluding hydrogens is 626 g/mol. The van der Waals surface area contributed by atoms with Crippen LogP contribution < -0.4 is 15.6 Å². The summed E-state index contributed by atoms with van der Waals surface area (Å²) in [5.41, 5.74) is 7.39. The molecule has 0 saturated heterocycles. The fourth-order valence-corrected chi connectivity index (χ4v) is 5.32. The van der Waals surface area contributed by atoms with E-state index >= 15 is 0 Å². The van der Waals surface area contributed by atoms with Gasteiger partial charge in [0.05, 0.1) is 6.61 Å². The Morgan fingerprint density at radius 3 is 2.49 bits per heavy atom. The van der Waals surface area contributed by atoms with E-state index in [1.54, 1.807) is 0 Å². The molecule has 3 N–H and O–H groups in total. The number of rotatable bonds is 12. The van der Waals surface area contributed by atoms with Gasteiger partial charge in [-0.1, -0.05) is 62.2 Å². The summed E-state index contributed by atoms with van der Waals surface area (Å²) in [7, 11) is 0. The minimum atomic E-state index is -1.26. The van der Waals surface area contributed by atoms with Gasteiger partial charge in [-0.2, -0.15) is 0 Å². The smallest absolute Gasteiger partial charge is 0.266 e. The Balaban J connectivity index is 1.53. The number of ether oxygens (including phenoxy) is 2.